The molecular formula is C46H53N4O9PS2. The first kappa shape index (κ1) is 45.7. The Labute approximate surface area is 372 Å². The molecule has 3 unspecified atom stereocenters. The molecule has 4 aromatic carbocycles. The van der Waals surface area contributed by atoms with Gasteiger partial charge in [-0.05, 0) is 59.9 Å². The first-order valence-electron chi connectivity index (χ1n) is 20.5. The van der Waals surface area contributed by atoms with Crippen LogP contribution in [0.4, 0.5) is 5.82 Å². The van der Waals surface area contributed by atoms with Gasteiger partial charge in [0.05, 0.1) is 40.6 Å². The molecule has 1 aromatic heterocycles. The minimum absolute atomic E-state index is 0.0133. The summed E-state index contributed by atoms with van der Waals surface area (Å²) in [6, 6.07) is 36.6. The van der Waals surface area contributed by atoms with E-state index in [1.54, 1.807) is 45.0 Å². The van der Waals surface area contributed by atoms with Crippen LogP contribution in [-0.2, 0) is 34.8 Å². The van der Waals surface area contributed by atoms with E-state index in [9.17, 15) is 9.59 Å². The Bertz CT molecular complexity index is 2190. The lowest BCUT2D eigenvalue weighted by molar-refractivity contribution is -0.162. The van der Waals surface area contributed by atoms with Crippen LogP contribution >= 0.6 is 30.6 Å². The fourth-order valence-electron chi connectivity index (χ4n) is 7.71. The van der Waals surface area contributed by atoms with Crippen molar-refractivity contribution in [2.45, 2.75) is 36.4 Å². The molecule has 0 aliphatic carbocycles. The Hall–Kier alpha value is -4.28. The zero-order valence-corrected chi connectivity index (χ0v) is 37.7. The van der Waals surface area contributed by atoms with Crippen molar-refractivity contribution in [3.05, 3.63) is 154 Å². The van der Waals surface area contributed by atoms with E-state index >= 15 is 0 Å². The number of methoxy groups -OCH3 is 3. The van der Waals surface area contributed by atoms with Crippen LogP contribution in [-0.4, -0.2) is 104 Å². The fraction of sp³-hybridized carbons (Fsp3) is 0.370. The highest BCUT2D eigenvalue weighted by Crippen LogP contribution is 2.59. The van der Waals surface area contributed by atoms with Gasteiger partial charge < -0.3 is 38.7 Å². The van der Waals surface area contributed by atoms with Crippen LogP contribution in [0, 0.1) is 0 Å². The summed E-state index contributed by atoms with van der Waals surface area (Å²) in [5.41, 5.74) is 6.02. The van der Waals surface area contributed by atoms with Crippen LogP contribution in [0.15, 0.2) is 126 Å². The van der Waals surface area contributed by atoms with E-state index < -0.39 is 36.7 Å². The van der Waals surface area contributed by atoms with E-state index in [2.05, 4.69) is 9.65 Å². The molecule has 13 nitrogen and oxygen atoms in total. The highest BCUT2D eigenvalue weighted by Gasteiger charge is 2.56. The molecule has 5 aromatic rings. The molecule has 328 valence electrons. The van der Waals surface area contributed by atoms with Crippen LogP contribution in [0.2, 0.25) is 0 Å². The number of hydrogen-bond acceptors (Lipinski definition) is 14. The van der Waals surface area contributed by atoms with Gasteiger partial charge in [0.1, 0.15) is 35.1 Å². The largest absolute Gasteiger partial charge is 0.497 e. The number of carbonyl (C=O) groups is 1. The van der Waals surface area contributed by atoms with Crippen LogP contribution in [0.3, 0.4) is 0 Å². The summed E-state index contributed by atoms with van der Waals surface area (Å²) in [6.07, 6.45) is 1.99. The molecule has 0 bridgehead atoms. The summed E-state index contributed by atoms with van der Waals surface area (Å²) < 4.78 is 48.6. The Balaban J connectivity index is 1.28. The first-order chi connectivity index (χ1) is 30.3. The summed E-state index contributed by atoms with van der Waals surface area (Å²) in [6.45, 7) is 2.02. The van der Waals surface area contributed by atoms with Gasteiger partial charge in [0, 0.05) is 43.5 Å². The average molecular weight is 901 g/mol. The van der Waals surface area contributed by atoms with Crippen molar-refractivity contribution in [2.75, 3.05) is 78.1 Å². The molecule has 62 heavy (non-hydrogen) atoms. The number of nitrogen functional groups attached to an aromatic ring is 1. The SMILES string of the molecule is COCCOC1(n2ccc(N)nc2=O)CO[C@H](COC(c2ccccc2)(c2ccc(OC)cc2)c2ccc(OC)cc2)C1OP(SCCSC(=O)c1ccccc1)N1CCCC1. The third kappa shape index (κ3) is 10.4. The quantitative estimate of drug-likeness (QED) is 0.0439. The molecule has 3 heterocycles. The fourth-order valence-corrected chi connectivity index (χ4v) is 13.0. The van der Waals surface area contributed by atoms with E-state index in [4.69, 9.17) is 38.7 Å². The predicted molar refractivity (Wildman–Crippen MR) is 245 cm³/mol. The van der Waals surface area contributed by atoms with Gasteiger partial charge >= 0.3 is 5.69 Å². The highest BCUT2D eigenvalue weighted by molar-refractivity contribution is 8.53. The zero-order chi connectivity index (χ0) is 43.4. The number of ether oxygens (including phenoxy) is 6. The first-order valence-corrected chi connectivity index (χ1v) is 24.3. The molecule has 0 spiro atoms. The number of anilines is 1. The molecule has 0 saturated carbocycles. The topological polar surface area (TPSA) is 146 Å². The lowest BCUT2D eigenvalue weighted by Gasteiger charge is -2.40. The molecule has 4 atom stereocenters. The molecular weight excluding hydrogens is 848 g/mol. The maximum atomic E-state index is 13.9. The van der Waals surface area contributed by atoms with Crippen LogP contribution in [0.25, 0.3) is 0 Å². The van der Waals surface area contributed by atoms with E-state index in [0.717, 1.165) is 42.6 Å². The van der Waals surface area contributed by atoms with E-state index in [1.165, 1.54) is 16.3 Å². The van der Waals surface area contributed by atoms with Crippen molar-refractivity contribution in [3.8, 4) is 11.5 Å². The number of benzene rings is 4. The van der Waals surface area contributed by atoms with Crippen LogP contribution < -0.4 is 20.9 Å². The van der Waals surface area contributed by atoms with Crippen LogP contribution in [0.5, 0.6) is 11.5 Å². The predicted octanol–water partition coefficient (Wildman–Crippen LogP) is 7.58. The second-order valence-electron chi connectivity index (χ2n) is 14.6. The van der Waals surface area contributed by atoms with Gasteiger partial charge in [-0.1, -0.05) is 108 Å². The van der Waals surface area contributed by atoms with E-state index in [1.807, 2.05) is 109 Å². The number of nitrogens with two attached hydrogens (primary N) is 1. The summed E-state index contributed by atoms with van der Waals surface area (Å²) >= 11 is 2.96. The van der Waals surface area contributed by atoms with Crippen molar-refractivity contribution in [1.29, 1.82) is 0 Å². The summed E-state index contributed by atoms with van der Waals surface area (Å²) in [4.78, 5) is 31.0. The third-order valence-corrected chi connectivity index (χ3v) is 16.0. The van der Waals surface area contributed by atoms with Gasteiger partial charge in [-0.3, -0.25) is 14.0 Å². The standard InChI is InChI=1S/C46H53N4O9PS2/c1-53-28-29-57-45(50-27-24-41(47)48-44(50)52)33-56-40(42(45)59-60(49-25-10-11-26-49)62-31-30-61-43(51)34-12-6-4-7-13-34)32-58-46(35-14-8-5-9-15-35,36-16-20-38(54-2)21-17-36)37-18-22-39(55-3)23-19-37/h4-9,12-24,27,40,42H,10-11,25-26,28-33H2,1-3H3,(H2,47,48,52)/t40-,42?,45?,60?/m1/s1. The molecule has 0 amide bonds. The van der Waals surface area contributed by atoms with Gasteiger partial charge in [-0.25, -0.2) is 4.79 Å². The normalized spacial score (nSPS) is 19.7. The Morgan fingerprint density at radius 1 is 0.839 bits per heavy atom. The molecule has 0 radical (unpaired) electrons. The van der Waals surface area contributed by atoms with Crippen molar-refractivity contribution in [3.63, 3.8) is 0 Å². The number of rotatable bonds is 21. The Morgan fingerprint density at radius 2 is 1.45 bits per heavy atom. The van der Waals surface area contributed by atoms with E-state index in [-0.39, 0.29) is 37.4 Å². The Morgan fingerprint density at radius 3 is 2.05 bits per heavy atom. The molecule has 7 rings (SSSR count). The van der Waals surface area contributed by atoms with Crippen LogP contribution in [0.1, 0.15) is 39.9 Å². The number of aromatic nitrogens is 2. The lowest BCUT2D eigenvalue weighted by Crippen LogP contribution is -2.55. The second kappa shape index (κ2) is 21.9. The smallest absolute Gasteiger partial charge is 0.352 e. The molecule has 2 saturated heterocycles. The summed E-state index contributed by atoms with van der Waals surface area (Å²) in [5.74, 6) is 2.72. The van der Waals surface area contributed by atoms with Crippen molar-refractivity contribution < 1.29 is 37.7 Å². The van der Waals surface area contributed by atoms with Crippen molar-refractivity contribution in [1.82, 2.24) is 14.2 Å². The second-order valence-corrected chi connectivity index (χ2v) is 19.3. The maximum Gasteiger partial charge on any atom is 0.352 e. The van der Waals surface area contributed by atoms with Gasteiger partial charge in [0.2, 0.25) is 10.8 Å². The van der Waals surface area contributed by atoms with Crippen molar-refractivity contribution >= 4 is 41.6 Å². The molecule has 2 N–H and O–H groups in total. The van der Waals surface area contributed by atoms with Crippen molar-refractivity contribution in [2.24, 2.45) is 0 Å². The number of nitrogens with zero attached hydrogens (tertiary/aromatic N) is 3. The maximum absolute atomic E-state index is 13.9. The van der Waals surface area contributed by atoms with Gasteiger partial charge in [0.25, 0.3) is 0 Å². The molecule has 2 fully saturated rings. The average Bonchev–Trinajstić information content (AvgIpc) is 3.98. The lowest BCUT2D eigenvalue weighted by atomic mass is 9.80. The van der Waals surface area contributed by atoms with Gasteiger partial charge in [-0.2, -0.15) is 4.98 Å². The summed E-state index contributed by atoms with van der Waals surface area (Å²) in [5, 5.41) is 0.0235. The zero-order valence-electron chi connectivity index (χ0n) is 35.1. The molecule has 2 aliphatic rings. The number of hydrogen-bond donors (Lipinski definition) is 1. The highest BCUT2D eigenvalue weighted by atomic mass is 32.7. The third-order valence-electron chi connectivity index (χ3n) is 10.8. The minimum Gasteiger partial charge on any atom is -0.497 e. The van der Waals surface area contributed by atoms with E-state index in [0.29, 0.717) is 28.6 Å². The molecule has 2 aliphatic heterocycles. The van der Waals surface area contributed by atoms with Gasteiger partial charge in [-0.15, -0.1) is 0 Å². The Kier molecular flexibility index (Phi) is 16.1. The molecule has 16 heteroatoms. The number of thioether (sulfide) groups is 1. The summed E-state index contributed by atoms with van der Waals surface area (Å²) in [7, 11) is 3.51. The van der Waals surface area contributed by atoms with Gasteiger partial charge in [0.15, 0.2) is 7.50 Å². The monoisotopic (exact) mass is 900 g/mol. The number of carbonyl (C=O) groups excluding carboxylic acids is 1. The minimum atomic E-state index is -1.49.